The van der Waals surface area contributed by atoms with E-state index in [1.165, 1.54) is 18.6 Å². The third-order valence-electron chi connectivity index (χ3n) is 5.47. The Morgan fingerprint density at radius 2 is 1.58 bits per heavy atom. The van der Waals surface area contributed by atoms with Crippen molar-refractivity contribution in [3.05, 3.63) is 70.6 Å². The highest BCUT2D eigenvalue weighted by atomic mass is 35.5. The number of amides is 3. The Labute approximate surface area is 184 Å². The van der Waals surface area contributed by atoms with Gasteiger partial charge in [-0.05, 0) is 61.4 Å². The quantitative estimate of drug-likeness (QED) is 0.677. The standard InChI is InChI=1S/C23H21ClFN3O3/c24-19-20(23(31)28(22(19)30)18-12-8-15(25)9-13-18)26-17-10-6-14(7-11-17)21(29)27-16-4-2-1-3-5-16/h6-13,16,26H,1-5H2,(H,27,29). The second kappa shape index (κ2) is 8.89. The van der Waals surface area contributed by atoms with Crippen molar-refractivity contribution < 1.29 is 18.8 Å². The first kappa shape index (κ1) is 21.1. The number of hydrogen-bond donors (Lipinski definition) is 2. The molecule has 1 aliphatic carbocycles. The number of imide groups is 1. The summed E-state index contributed by atoms with van der Waals surface area (Å²) < 4.78 is 13.2. The molecule has 0 bridgehead atoms. The molecule has 31 heavy (non-hydrogen) atoms. The summed E-state index contributed by atoms with van der Waals surface area (Å²) in [6, 6.07) is 11.8. The molecule has 0 radical (unpaired) electrons. The van der Waals surface area contributed by atoms with E-state index >= 15 is 0 Å². The number of rotatable bonds is 5. The van der Waals surface area contributed by atoms with Crippen LogP contribution in [0, 0.1) is 5.82 Å². The predicted octanol–water partition coefficient (Wildman–Crippen LogP) is 4.32. The van der Waals surface area contributed by atoms with Crippen LogP contribution in [0.25, 0.3) is 0 Å². The highest BCUT2D eigenvalue weighted by Gasteiger charge is 2.39. The highest BCUT2D eigenvalue weighted by molar-refractivity contribution is 6.53. The van der Waals surface area contributed by atoms with Gasteiger partial charge < -0.3 is 10.6 Å². The minimum atomic E-state index is -0.691. The minimum Gasteiger partial charge on any atom is -0.350 e. The van der Waals surface area contributed by atoms with Gasteiger partial charge in [0, 0.05) is 17.3 Å². The number of nitrogens with zero attached hydrogens (tertiary/aromatic N) is 1. The zero-order valence-electron chi connectivity index (χ0n) is 16.7. The van der Waals surface area contributed by atoms with Crippen LogP contribution in [0.2, 0.25) is 0 Å². The molecule has 0 saturated heterocycles. The molecule has 0 spiro atoms. The van der Waals surface area contributed by atoms with Crippen molar-refractivity contribution in [2.24, 2.45) is 0 Å². The van der Waals surface area contributed by atoms with Crippen molar-refractivity contribution in [1.82, 2.24) is 5.32 Å². The van der Waals surface area contributed by atoms with Gasteiger partial charge in [0.25, 0.3) is 17.7 Å². The summed E-state index contributed by atoms with van der Waals surface area (Å²) in [4.78, 5) is 38.5. The van der Waals surface area contributed by atoms with Crippen LogP contribution in [0.4, 0.5) is 15.8 Å². The van der Waals surface area contributed by atoms with E-state index in [1.54, 1.807) is 24.3 Å². The average Bonchev–Trinajstić information content (AvgIpc) is 2.99. The smallest absolute Gasteiger partial charge is 0.283 e. The Kier molecular flexibility index (Phi) is 6.04. The van der Waals surface area contributed by atoms with E-state index < -0.39 is 17.6 Å². The van der Waals surface area contributed by atoms with Crippen LogP contribution < -0.4 is 15.5 Å². The Morgan fingerprint density at radius 3 is 2.23 bits per heavy atom. The first-order chi connectivity index (χ1) is 14.9. The Morgan fingerprint density at radius 1 is 0.935 bits per heavy atom. The lowest BCUT2D eigenvalue weighted by Crippen LogP contribution is -2.36. The third kappa shape index (κ3) is 4.46. The molecule has 1 fully saturated rings. The largest absolute Gasteiger partial charge is 0.350 e. The first-order valence-corrected chi connectivity index (χ1v) is 10.5. The van der Waals surface area contributed by atoms with Gasteiger partial charge in [-0.1, -0.05) is 30.9 Å². The van der Waals surface area contributed by atoms with Crippen molar-refractivity contribution in [3.8, 4) is 0 Å². The van der Waals surface area contributed by atoms with E-state index in [0.717, 1.165) is 42.7 Å². The average molecular weight is 442 g/mol. The molecule has 1 heterocycles. The minimum absolute atomic E-state index is 0.0737. The lowest BCUT2D eigenvalue weighted by Gasteiger charge is -2.22. The lowest BCUT2D eigenvalue weighted by atomic mass is 9.95. The maximum atomic E-state index is 13.2. The zero-order valence-corrected chi connectivity index (χ0v) is 17.4. The first-order valence-electron chi connectivity index (χ1n) is 10.2. The number of benzene rings is 2. The summed E-state index contributed by atoms with van der Waals surface area (Å²) in [6.45, 7) is 0. The van der Waals surface area contributed by atoms with Crippen molar-refractivity contribution in [1.29, 1.82) is 0 Å². The van der Waals surface area contributed by atoms with Crippen LogP contribution in [-0.2, 0) is 9.59 Å². The molecule has 0 unspecified atom stereocenters. The summed E-state index contributed by atoms with van der Waals surface area (Å²) in [5.74, 6) is -1.94. The van der Waals surface area contributed by atoms with Gasteiger partial charge in [0.05, 0.1) is 5.69 Å². The second-order valence-corrected chi connectivity index (χ2v) is 8.00. The number of carbonyl (C=O) groups excluding carboxylic acids is 3. The molecule has 2 aromatic rings. The summed E-state index contributed by atoms with van der Waals surface area (Å²) >= 11 is 6.11. The topological polar surface area (TPSA) is 78.5 Å². The van der Waals surface area contributed by atoms with Crippen LogP contribution in [0.3, 0.4) is 0 Å². The molecule has 4 rings (SSSR count). The van der Waals surface area contributed by atoms with Crippen LogP contribution in [0.5, 0.6) is 0 Å². The number of halogens is 2. The molecule has 160 valence electrons. The van der Waals surface area contributed by atoms with E-state index in [2.05, 4.69) is 10.6 Å². The van der Waals surface area contributed by atoms with E-state index in [-0.39, 0.29) is 28.4 Å². The summed E-state index contributed by atoms with van der Waals surface area (Å²) in [7, 11) is 0. The molecule has 1 aliphatic heterocycles. The fourth-order valence-electron chi connectivity index (χ4n) is 3.80. The molecule has 2 N–H and O–H groups in total. The van der Waals surface area contributed by atoms with Gasteiger partial charge in [0.1, 0.15) is 16.5 Å². The fraction of sp³-hybridized carbons (Fsp3) is 0.261. The number of anilines is 2. The lowest BCUT2D eigenvalue weighted by molar-refractivity contribution is -0.120. The van der Waals surface area contributed by atoms with Crippen LogP contribution in [0.15, 0.2) is 59.3 Å². The van der Waals surface area contributed by atoms with E-state index in [9.17, 15) is 18.8 Å². The predicted molar refractivity (Wildman–Crippen MR) is 116 cm³/mol. The van der Waals surface area contributed by atoms with Gasteiger partial charge >= 0.3 is 0 Å². The zero-order chi connectivity index (χ0) is 22.0. The molecule has 2 aromatic carbocycles. The van der Waals surface area contributed by atoms with Crippen molar-refractivity contribution in [3.63, 3.8) is 0 Å². The normalized spacial score (nSPS) is 17.3. The van der Waals surface area contributed by atoms with Crippen molar-refractivity contribution in [2.45, 2.75) is 38.1 Å². The summed E-state index contributed by atoms with van der Waals surface area (Å²) in [5.41, 5.74) is 1.17. The van der Waals surface area contributed by atoms with Crippen molar-refractivity contribution >= 4 is 40.7 Å². The van der Waals surface area contributed by atoms with Crippen LogP contribution in [-0.4, -0.2) is 23.8 Å². The molecule has 1 saturated carbocycles. The summed E-state index contributed by atoms with van der Waals surface area (Å²) in [6.07, 6.45) is 5.47. The molecular formula is C23H21ClFN3O3. The van der Waals surface area contributed by atoms with Gasteiger partial charge in [-0.25, -0.2) is 9.29 Å². The maximum absolute atomic E-state index is 13.2. The number of nitrogens with one attached hydrogen (secondary N) is 2. The van der Waals surface area contributed by atoms with Gasteiger partial charge in [-0.2, -0.15) is 0 Å². The van der Waals surface area contributed by atoms with Gasteiger partial charge in [-0.3, -0.25) is 14.4 Å². The second-order valence-electron chi connectivity index (χ2n) is 7.62. The molecule has 0 atom stereocenters. The van der Waals surface area contributed by atoms with Gasteiger partial charge in [-0.15, -0.1) is 0 Å². The van der Waals surface area contributed by atoms with Gasteiger partial charge in [0.2, 0.25) is 0 Å². The van der Waals surface area contributed by atoms with Crippen molar-refractivity contribution in [2.75, 3.05) is 10.2 Å². The number of hydrogen-bond acceptors (Lipinski definition) is 4. The SMILES string of the molecule is O=C(NC1CCCCC1)c1ccc(NC2=C(Cl)C(=O)N(c3ccc(F)cc3)C2=O)cc1. The molecular weight excluding hydrogens is 421 g/mol. The summed E-state index contributed by atoms with van der Waals surface area (Å²) in [5, 5.41) is 5.66. The molecule has 6 nitrogen and oxygen atoms in total. The van der Waals surface area contributed by atoms with E-state index in [0.29, 0.717) is 11.3 Å². The van der Waals surface area contributed by atoms with E-state index in [4.69, 9.17) is 11.6 Å². The van der Waals surface area contributed by atoms with Crippen LogP contribution in [0.1, 0.15) is 42.5 Å². The van der Waals surface area contributed by atoms with Crippen LogP contribution >= 0.6 is 11.6 Å². The third-order valence-corrected chi connectivity index (χ3v) is 5.82. The molecule has 2 aliphatic rings. The highest BCUT2D eigenvalue weighted by Crippen LogP contribution is 2.30. The Balaban J connectivity index is 1.44. The van der Waals surface area contributed by atoms with Gasteiger partial charge in [0.15, 0.2) is 0 Å². The Hall–Kier alpha value is -3.19. The Bertz CT molecular complexity index is 1040. The maximum Gasteiger partial charge on any atom is 0.283 e. The molecule has 0 aromatic heterocycles. The molecule has 3 amide bonds. The molecule has 8 heteroatoms. The number of carbonyl (C=O) groups is 3. The fourth-order valence-corrected chi connectivity index (χ4v) is 4.01. The monoisotopic (exact) mass is 441 g/mol. The van der Waals surface area contributed by atoms with E-state index in [1.807, 2.05) is 0 Å².